The van der Waals surface area contributed by atoms with Crippen molar-refractivity contribution in [1.82, 2.24) is 9.80 Å². The zero-order valence-corrected chi connectivity index (χ0v) is 17.3. The maximum atomic E-state index is 12.6. The summed E-state index contributed by atoms with van der Waals surface area (Å²) in [6.45, 7) is 2.06. The number of carboxylic acid groups (broad SMARTS) is 1. The van der Waals surface area contributed by atoms with Crippen LogP contribution in [0.3, 0.4) is 0 Å². The van der Waals surface area contributed by atoms with Crippen LogP contribution in [0.1, 0.15) is 34.5 Å². The molecular formula is C20H24N4O5S. The zero-order chi connectivity index (χ0) is 21.5. The van der Waals surface area contributed by atoms with Crippen molar-refractivity contribution in [2.45, 2.75) is 25.8 Å². The Balaban J connectivity index is 1.57. The van der Waals surface area contributed by atoms with E-state index in [1.807, 2.05) is 4.90 Å². The van der Waals surface area contributed by atoms with Gasteiger partial charge in [-0.3, -0.25) is 14.9 Å². The highest BCUT2D eigenvalue weighted by Crippen LogP contribution is 2.23. The quantitative estimate of drug-likeness (QED) is 0.483. The predicted molar refractivity (Wildman–Crippen MR) is 114 cm³/mol. The Hall–Kier alpha value is -3.14. The number of benzene rings is 1. The van der Waals surface area contributed by atoms with Crippen molar-refractivity contribution in [3.63, 3.8) is 0 Å². The molecule has 1 fully saturated rings. The molecule has 2 heterocycles. The number of carbonyl (C=O) groups is 2. The van der Waals surface area contributed by atoms with E-state index in [1.54, 1.807) is 29.6 Å². The number of nitrogens with zero attached hydrogens (tertiary/aromatic N) is 3. The molecule has 30 heavy (non-hydrogen) atoms. The summed E-state index contributed by atoms with van der Waals surface area (Å²) in [5.74, 6) is -0.00266. The summed E-state index contributed by atoms with van der Waals surface area (Å²) in [5, 5.41) is 25.3. The number of hydrogen-bond acceptors (Lipinski definition) is 6. The van der Waals surface area contributed by atoms with Crippen LogP contribution in [0.4, 0.5) is 16.2 Å². The first-order valence-corrected chi connectivity index (χ1v) is 10.7. The summed E-state index contributed by atoms with van der Waals surface area (Å²) in [7, 11) is 0. The van der Waals surface area contributed by atoms with Crippen LogP contribution in [-0.4, -0.2) is 58.0 Å². The minimum absolute atomic E-state index is 0.00266. The predicted octanol–water partition coefficient (Wildman–Crippen LogP) is 3.87. The Bertz CT molecular complexity index is 910. The molecule has 1 aromatic heterocycles. The van der Waals surface area contributed by atoms with Crippen molar-refractivity contribution in [3.05, 3.63) is 56.3 Å². The summed E-state index contributed by atoms with van der Waals surface area (Å²) in [6, 6.07) is 7.99. The molecule has 0 bridgehead atoms. The molecule has 1 saturated heterocycles. The number of nitro groups is 1. The number of thiophene rings is 1. The fourth-order valence-corrected chi connectivity index (χ4v) is 4.27. The van der Waals surface area contributed by atoms with Crippen molar-refractivity contribution in [3.8, 4) is 0 Å². The van der Waals surface area contributed by atoms with E-state index in [2.05, 4.69) is 5.32 Å². The average Bonchev–Trinajstić information content (AvgIpc) is 3.22. The standard InChI is InChI=1S/C20H24N4O5S/c25-19(22-9-4-1-5-10-22)15-12-16(30-14-15)13-23(20(26)27)11-8-21-17-6-2-3-7-18(17)24(28)29/h2-3,6-7,12,14,21H,1,4-5,8-11,13H2,(H,26,27). The third kappa shape index (κ3) is 5.47. The smallest absolute Gasteiger partial charge is 0.407 e. The molecule has 0 atom stereocenters. The Labute approximate surface area is 178 Å². The normalized spacial score (nSPS) is 13.7. The Morgan fingerprint density at radius 3 is 2.67 bits per heavy atom. The number of nitrogens with one attached hydrogen (secondary N) is 1. The van der Waals surface area contributed by atoms with Gasteiger partial charge in [0.2, 0.25) is 0 Å². The van der Waals surface area contributed by atoms with Crippen molar-refractivity contribution < 1.29 is 19.6 Å². The Morgan fingerprint density at radius 2 is 1.97 bits per heavy atom. The molecule has 0 radical (unpaired) electrons. The van der Waals surface area contributed by atoms with E-state index in [9.17, 15) is 24.8 Å². The van der Waals surface area contributed by atoms with E-state index >= 15 is 0 Å². The minimum Gasteiger partial charge on any atom is -0.465 e. The van der Waals surface area contributed by atoms with E-state index in [-0.39, 0.29) is 31.2 Å². The largest absolute Gasteiger partial charge is 0.465 e. The van der Waals surface area contributed by atoms with Gasteiger partial charge in [0, 0.05) is 42.5 Å². The lowest BCUT2D eigenvalue weighted by molar-refractivity contribution is -0.384. The van der Waals surface area contributed by atoms with Gasteiger partial charge in [-0.25, -0.2) is 4.79 Å². The number of para-hydroxylation sites is 2. The Morgan fingerprint density at radius 1 is 1.23 bits per heavy atom. The van der Waals surface area contributed by atoms with Gasteiger partial charge in [0.15, 0.2) is 0 Å². The minimum atomic E-state index is -1.09. The summed E-state index contributed by atoms with van der Waals surface area (Å²) >= 11 is 1.36. The monoisotopic (exact) mass is 432 g/mol. The molecule has 1 aromatic carbocycles. The molecule has 0 unspecified atom stereocenters. The van der Waals surface area contributed by atoms with E-state index in [1.165, 1.54) is 22.3 Å². The van der Waals surface area contributed by atoms with Crippen molar-refractivity contribution in [2.24, 2.45) is 0 Å². The number of piperidine rings is 1. The molecule has 0 spiro atoms. The SMILES string of the molecule is O=C(O)N(CCNc1ccccc1[N+](=O)[O-])Cc1cc(C(=O)N2CCCCC2)cs1. The van der Waals surface area contributed by atoms with E-state index in [4.69, 9.17) is 0 Å². The van der Waals surface area contributed by atoms with Crippen LogP contribution < -0.4 is 5.32 Å². The lowest BCUT2D eigenvalue weighted by atomic mass is 10.1. The number of amides is 2. The highest BCUT2D eigenvalue weighted by atomic mass is 32.1. The first kappa shape index (κ1) is 21.6. The van der Waals surface area contributed by atoms with Gasteiger partial charge in [-0.2, -0.15) is 0 Å². The maximum absolute atomic E-state index is 12.6. The summed E-state index contributed by atoms with van der Waals surface area (Å²) in [5.41, 5.74) is 0.886. The van der Waals surface area contributed by atoms with Gasteiger partial charge < -0.3 is 20.2 Å². The van der Waals surface area contributed by atoms with Crippen molar-refractivity contribution in [1.29, 1.82) is 0 Å². The van der Waals surface area contributed by atoms with Gasteiger partial charge in [-0.15, -0.1) is 11.3 Å². The number of likely N-dealkylation sites (tertiary alicyclic amines) is 1. The number of anilines is 1. The van der Waals surface area contributed by atoms with Gasteiger partial charge in [-0.05, 0) is 31.4 Å². The lowest BCUT2D eigenvalue weighted by Crippen LogP contribution is -2.35. The van der Waals surface area contributed by atoms with Gasteiger partial charge >= 0.3 is 6.09 Å². The fourth-order valence-electron chi connectivity index (χ4n) is 3.39. The molecule has 2 aromatic rings. The number of rotatable bonds is 8. The van der Waals surface area contributed by atoms with E-state index in [0.29, 0.717) is 11.3 Å². The summed E-state index contributed by atoms with van der Waals surface area (Å²) < 4.78 is 0. The average molecular weight is 433 g/mol. The van der Waals surface area contributed by atoms with Crippen LogP contribution in [0.25, 0.3) is 0 Å². The molecule has 2 N–H and O–H groups in total. The van der Waals surface area contributed by atoms with E-state index in [0.717, 1.165) is 37.2 Å². The van der Waals surface area contributed by atoms with Crippen LogP contribution >= 0.6 is 11.3 Å². The summed E-state index contributed by atoms with van der Waals surface area (Å²) in [4.78, 5) is 38.7. The van der Waals surface area contributed by atoms with Crippen LogP contribution in [0.2, 0.25) is 0 Å². The first-order valence-electron chi connectivity index (χ1n) is 9.77. The maximum Gasteiger partial charge on any atom is 0.407 e. The topological polar surface area (TPSA) is 116 Å². The third-order valence-corrected chi connectivity index (χ3v) is 5.88. The molecule has 0 aliphatic carbocycles. The lowest BCUT2D eigenvalue weighted by Gasteiger charge is -2.26. The molecule has 1 aliphatic rings. The Kier molecular flexibility index (Phi) is 7.23. The van der Waals surface area contributed by atoms with Crippen molar-refractivity contribution in [2.75, 3.05) is 31.5 Å². The highest BCUT2D eigenvalue weighted by Gasteiger charge is 2.21. The van der Waals surface area contributed by atoms with Gasteiger partial charge in [0.25, 0.3) is 11.6 Å². The fraction of sp³-hybridized carbons (Fsp3) is 0.400. The second-order valence-electron chi connectivity index (χ2n) is 7.06. The van der Waals surface area contributed by atoms with Crippen molar-refractivity contribution >= 4 is 34.7 Å². The first-order chi connectivity index (χ1) is 14.5. The van der Waals surface area contributed by atoms with Crippen LogP contribution in [0.5, 0.6) is 0 Å². The molecule has 2 amide bonds. The van der Waals surface area contributed by atoms with Crippen LogP contribution in [-0.2, 0) is 6.54 Å². The second-order valence-corrected chi connectivity index (χ2v) is 8.06. The molecule has 0 saturated carbocycles. The third-order valence-electron chi connectivity index (χ3n) is 4.96. The second kappa shape index (κ2) is 10.1. The number of hydrogen-bond donors (Lipinski definition) is 2. The van der Waals surface area contributed by atoms with Crippen LogP contribution in [0, 0.1) is 10.1 Å². The molecule has 10 heteroatoms. The molecule has 1 aliphatic heterocycles. The molecule has 3 rings (SSSR count). The number of nitro benzene ring substituents is 1. The summed E-state index contributed by atoms with van der Waals surface area (Å²) in [6.07, 6.45) is 2.09. The zero-order valence-electron chi connectivity index (χ0n) is 16.5. The van der Waals surface area contributed by atoms with Gasteiger partial charge in [0.1, 0.15) is 5.69 Å². The van der Waals surface area contributed by atoms with Gasteiger partial charge in [-0.1, -0.05) is 12.1 Å². The van der Waals surface area contributed by atoms with Crippen LogP contribution in [0.15, 0.2) is 35.7 Å². The molecule has 160 valence electrons. The molecule has 9 nitrogen and oxygen atoms in total. The highest BCUT2D eigenvalue weighted by molar-refractivity contribution is 7.10. The molecular weight excluding hydrogens is 408 g/mol. The van der Waals surface area contributed by atoms with E-state index < -0.39 is 11.0 Å². The van der Waals surface area contributed by atoms with Gasteiger partial charge in [0.05, 0.1) is 17.0 Å². The number of carbonyl (C=O) groups excluding carboxylic acids is 1.